The van der Waals surface area contributed by atoms with Crippen molar-refractivity contribution in [1.29, 1.82) is 0 Å². The van der Waals surface area contributed by atoms with Gasteiger partial charge in [-0.3, -0.25) is 4.79 Å². The van der Waals surface area contributed by atoms with E-state index < -0.39 is 17.7 Å². The summed E-state index contributed by atoms with van der Waals surface area (Å²) in [6.45, 7) is 1.50. The number of ether oxygens (including phenoxy) is 3. The molecule has 1 N–H and O–H groups in total. The number of carbonyl (C=O) groups excluding carboxylic acids is 3. The Labute approximate surface area is 151 Å². The van der Waals surface area contributed by atoms with Gasteiger partial charge in [-0.2, -0.15) is 0 Å². The molecule has 0 bridgehead atoms. The summed E-state index contributed by atoms with van der Waals surface area (Å²) in [7, 11) is 2.76. The van der Waals surface area contributed by atoms with Crippen molar-refractivity contribution in [3.63, 3.8) is 0 Å². The largest absolute Gasteiger partial charge is 0.497 e. The summed E-state index contributed by atoms with van der Waals surface area (Å²) in [6.07, 6.45) is 1.61. The normalized spacial score (nSPS) is 22.4. The zero-order valence-corrected chi connectivity index (χ0v) is 14.9. The number of benzene rings is 1. The fourth-order valence-electron chi connectivity index (χ4n) is 3.41. The predicted octanol–water partition coefficient (Wildman–Crippen LogP) is 1.59. The molecule has 2 heterocycles. The van der Waals surface area contributed by atoms with Gasteiger partial charge in [-0.25, -0.2) is 9.59 Å². The highest BCUT2D eigenvalue weighted by Crippen LogP contribution is 2.30. The lowest BCUT2D eigenvalue weighted by molar-refractivity contribution is 0.0438. The van der Waals surface area contributed by atoms with Gasteiger partial charge < -0.3 is 24.4 Å². The van der Waals surface area contributed by atoms with Crippen LogP contribution in [0.1, 0.15) is 40.0 Å². The molecule has 1 unspecified atom stereocenters. The smallest absolute Gasteiger partial charge is 0.407 e. The minimum absolute atomic E-state index is 0.191. The Hall–Kier alpha value is -2.77. The van der Waals surface area contributed by atoms with Crippen LogP contribution in [0, 0.1) is 0 Å². The van der Waals surface area contributed by atoms with Crippen LogP contribution >= 0.6 is 0 Å². The molecule has 2 saturated heterocycles. The number of hydrogen-bond donors (Lipinski definition) is 1. The molecule has 140 valence electrons. The summed E-state index contributed by atoms with van der Waals surface area (Å²) < 4.78 is 15.4. The van der Waals surface area contributed by atoms with Crippen LogP contribution in [-0.4, -0.2) is 62.3 Å². The van der Waals surface area contributed by atoms with E-state index in [1.807, 2.05) is 0 Å². The van der Waals surface area contributed by atoms with Crippen molar-refractivity contribution in [2.45, 2.75) is 24.9 Å². The third-order valence-corrected chi connectivity index (χ3v) is 4.86. The average molecular weight is 362 g/mol. The number of alkyl carbamates (subject to hydrolysis) is 1. The standard InChI is InChI=1S/C18H22N2O6/c1-24-14-9-12(8-13(10-14)16(22)25-2)15(21)20-6-3-4-18(5-7-20)11-19-17(23)26-18/h8-10H,3-7,11H2,1-2H3,(H,19,23). The molecule has 0 aliphatic carbocycles. The molecule has 1 spiro atoms. The summed E-state index contributed by atoms with van der Waals surface area (Å²) in [5.41, 5.74) is 0.0927. The molecule has 3 rings (SSSR count). The van der Waals surface area contributed by atoms with E-state index in [0.717, 1.165) is 6.42 Å². The van der Waals surface area contributed by atoms with E-state index in [2.05, 4.69) is 5.32 Å². The van der Waals surface area contributed by atoms with Gasteiger partial charge in [0.05, 0.1) is 26.3 Å². The minimum atomic E-state index is -0.531. The van der Waals surface area contributed by atoms with Gasteiger partial charge in [0.2, 0.25) is 0 Å². The van der Waals surface area contributed by atoms with Crippen molar-refractivity contribution in [1.82, 2.24) is 10.2 Å². The number of amides is 2. The first-order chi connectivity index (χ1) is 12.5. The summed E-state index contributed by atoms with van der Waals surface area (Å²) in [5, 5.41) is 2.69. The Bertz CT molecular complexity index is 734. The van der Waals surface area contributed by atoms with E-state index in [0.29, 0.717) is 43.8 Å². The van der Waals surface area contributed by atoms with Crippen molar-refractivity contribution in [3.8, 4) is 5.75 Å². The fourth-order valence-corrected chi connectivity index (χ4v) is 3.41. The first kappa shape index (κ1) is 18.0. The van der Waals surface area contributed by atoms with Gasteiger partial charge in [0, 0.05) is 25.1 Å². The van der Waals surface area contributed by atoms with Crippen molar-refractivity contribution in [3.05, 3.63) is 29.3 Å². The monoisotopic (exact) mass is 362 g/mol. The molecular formula is C18H22N2O6. The van der Waals surface area contributed by atoms with Crippen LogP contribution in [0.4, 0.5) is 4.79 Å². The van der Waals surface area contributed by atoms with Crippen molar-refractivity contribution in [2.75, 3.05) is 33.9 Å². The molecular weight excluding hydrogens is 340 g/mol. The topological polar surface area (TPSA) is 94.2 Å². The minimum Gasteiger partial charge on any atom is -0.497 e. The lowest BCUT2D eigenvalue weighted by Gasteiger charge is -2.25. The number of carbonyl (C=O) groups is 3. The Morgan fingerprint density at radius 1 is 1.15 bits per heavy atom. The number of esters is 1. The highest BCUT2D eigenvalue weighted by molar-refractivity contribution is 5.98. The molecule has 0 aromatic heterocycles. The lowest BCUT2D eigenvalue weighted by Crippen LogP contribution is -2.36. The van der Waals surface area contributed by atoms with Crippen LogP contribution in [-0.2, 0) is 9.47 Å². The van der Waals surface area contributed by atoms with Gasteiger partial charge >= 0.3 is 12.1 Å². The summed E-state index contributed by atoms with van der Waals surface area (Å²) in [5.74, 6) is -0.309. The fraction of sp³-hybridized carbons (Fsp3) is 0.500. The van der Waals surface area contributed by atoms with Gasteiger partial charge in [0.25, 0.3) is 5.91 Å². The molecule has 2 aliphatic rings. The molecule has 26 heavy (non-hydrogen) atoms. The molecule has 8 nitrogen and oxygen atoms in total. The Morgan fingerprint density at radius 2 is 1.92 bits per heavy atom. The van der Waals surface area contributed by atoms with E-state index >= 15 is 0 Å². The summed E-state index contributed by atoms with van der Waals surface area (Å²) >= 11 is 0. The van der Waals surface area contributed by atoms with Crippen LogP contribution in [0.15, 0.2) is 18.2 Å². The van der Waals surface area contributed by atoms with Gasteiger partial charge in [-0.1, -0.05) is 0 Å². The maximum absolute atomic E-state index is 12.9. The molecule has 2 amide bonds. The molecule has 0 saturated carbocycles. The maximum atomic E-state index is 12.9. The van der Waals surface area contributed by atoms with Crippen LogP contribution in [0.2, 0.25) is 0 Å². The second-order valence-corrected chi connectivity index (χ2v) is 6.51. The third-order valence-electron chi connectivity index (χ3n) is 4.86. The Balaban J connectivity index is 1.78. The van der Waals surface area contributed by atoms with Crippen LogP contribution in [0.5, 0.6) is 5.75 Å². The van der Waals surface area contributed by atoms with Crippen molar-refractivity contribution in [2.24, 2.45) is 0 Å². The summed E-state index contributed by atoms with van der Waals surface area (Å²) in [6, 6.07) is 4.64. The second kappa shape index (κ2) is 7.23. The Kier molecular flexibility index (Phi) is 5.01. The molecule has 8 heteroatoms. The molecule has 2 aliphatic heterocycles. The quantitative estimate of drug-likeness (QED) is 0.821. The van der Waals surface area contributed by atoms with Gasteiger partial charge in [-0.05, 0) is 31.0 Å². The van der Waals surface area contributed by atoms with Gasteiger partial charge in [0.15, 0.2) is 0 Å². The zero-order valence-electron chi connectivity index (χ0n) is 14.9. The molecule has 1 aromatic carbocycles. The van der Waals surface area contributed by atoms with E-state index in [9.17, 15) is 14.4 Å². The number of nitrogens with one attached hydrogen (secondary N) is 1. The number of rotatable bonds is 3. The first-order valence-electron chi connectivity index (χ1n) is 8.50. The van der Waals surface area contributed by atoms with Crippen LogP contribution < -0.4 is 10.1 Å². The van der Waals surface area contributed by atoms with Gasteiger partial charge in [-0.15, -0.1) is 0 Å². The maximum Gasteiger partial charge on any atom is 0.407 e. The zero-order chi connectivity index (χ0) is 18.7. The highest BCUT2D eigenvalue weighted by atomic mass is 16.6. The number of likely N-dealkylation sites (tertiary alicyclic amines) is 1. The first-order valence-corrected chi connectivity index (χ1v) is 8.50. The van der Waals surface area contributed by atoms with E-state index in [1.54, 1.807) is 11.0 Å². The molecule has 1 atom stereocenters. The number of methoxy groups -OCH3 is 2. The average Bonchev–Trinajstić information content (AvgIpc) is 2.90. The van der Waals surface area contributed by atoms with E-state index in [1.165, 1.54) is 26.4 Å². The SMILES string of the molecule is COC(=O)c1cc(OC)cc(C(=O)N2CCCC3(CC2)CNC(=O)O3)c1. The van der Waals surface area contributed by atoms with Crippen LogP contribution in [0.25, 0.3) is 0 Å². The lowest BCUT2D eigenvalue weighted by atomic mass is 9.95. The molecule has 1 aromatic rings. The van der Waals surface area contributed by atoms with Crippen LogP contribution in [0.3, 0.4) is 0 Å². The van der Waals surface area contributed by atoms with E-state index in [-0.39, 0.29) is 11.5 Å². The van der Waals surface area contributed by atoms with E-state index in [4.69, 9.17) is 14.2 Å². The third kappa shape index (κ3) is 3.58. The molecule has 0 radical (unpaired) electrons. The highest BCUT2D eigenvalue weighted by Gasteiger charge is 2.41. The summed E-state index contributed by atoms with van der Waals surface area (Å²) in [4.78, 5) is 37.9. The van der Waals surface area contributed by atoms with Gasteiger partial charge in [0.1, 0.15) is 11.4 Å². The predicted molar refractivity (Wildman–Crippen MR) is 91.3 cm³/mol. The van der Waals surface area contributed by atoms with Crippen molar-refractivity contribution >= 4 is 18.0 Å². The second-order valence-electron chi connectivity index (χ2n) is 6.51. The number of hydrogen-bond acceptors (Lipinski definition) is 6. The Morgan fingerprint density at radius 3 is 2.58 bits per heavy atom. The number of nitrogens with zero attached hydrogens (tertiary/aromatic N) is 1. The van der Waals surface area contributed by atoms with Crippen molar-refractivity contribution < 1.29 is 28.6 Å². The molecule has 2 fully saturated rings.